The average Bonchev–Trinajstić information content (AvgIpc) is 3.30. The predicted octanol–water partition coefficient (Wildman–Crippen LogP) is 4.22. The van der Waals surface area contributed by atoms with Crippen LogP contribution in [0.4, 0.5) is 13.2 Å². The number of halogens is 3. The molecule has 1 aliphatic rings. The summed E-state index contributed by atoms with van der Waals surface area (Å²) in [4.78, 5) is 19.7. The van der Waals surface area contributed by atoms with Gasteiger partial charge in [-0.25, -0.2) is 9.97 Å². The molecule has 0 unspecified atom stereocenters. The summed E-state index contributed by atoms with van der Waals surface area (Å²) in [6, 6.07) is 3.14. The molecule has 0 bridgehead atoms. The first-order chi connectivity index (χ1) is 11.3. The van der Waals surface area contributed by atoms with Gasteiger partial charge < -0.3 is 4.57 Å². The van der Waals surface area contributed by atoms with Gasteiger partial charge in [-0.2, -0.15) is 13.2 Å². The lowest BCUT2D eigenvalue weighted by molar-refractivity contribution is -0.141. The Kier molecular flexibility index (Phi) is 4.42. The number of ketones is 1. The molecule has 2 heterocycles. The summed E-state index contributed by atoms with van der Waals surface area (Å²) in [5, 5.41) is -0.0471. The summed E-state index contributed by atoms with van der Waals surface area (Å²) in [5.41, 5.74) is 1.59. The quantitative estimate of drug-likeness (QED) is 0.458. The number of thioether (sulfide) groups is 1. The first kappa shape index (κ1) is 17.0. The van der Waals surface area contributed by atoms with Crippen molar-refractivity contribution >= 4 is 17.5 Å². The molecule has 1 saturated carbocycles. The molecule has 0 aliphatic heterocycles. The van der Waals surface area contributed by atoms with Crippen LogP contribution < -0.4 is 0 Å². The van der Waals surface area contributed by atoms with Gasteiger partial charge in [-0.15, -0.1) is 0 Å². The van der Waals surface area contributed by atoms with E-state index in [0.29, 0.717) is 11.6 Å². The second-order valence-electron chi connectivity index (χ2n) is 5.82. The molecular weight excluding hydrogens is 339 g/mol. The molecule has 0 radical (unpaired) electrons. The van der Waals surface area contributed by atoms with Crippen molar-refractivity contribution in [3.05, 3.63) is 41.0 Å². The largest absolute Gasteiger partial charge is 0.433 e. The van der Waals surface area contributed by atoms with Gasteiger partial charge in [-0.3, -0.25) is 4.79 Å². The number of alkyl halides is 3. The SMILES string of the molecule is Cc1cc(C(=O)CSc2nccc(C(F)(F)F)n2)c(C)n1C1CC1. The van der Waals surface area contributed by atoms with E-state index in [0.717, 1.165) is 48.3 Å². The molecular formula is C16H16F3N3OS. The minimum atomic E-state index is -4.52. The van der Waals surface area contributed by atoms with Crippen molar-refractivity contribution in [2.24, 2.45) is 0 Å². The smallest absolute Gasteiger partial charge is 0.345 e. The fourth-order valence-electron chi connectivity index (χ4n) is 2.73. The van der Waals surface area contributed by atoms with Crippen LogP contribution in [0.5, 0.6) is 0 Å². The zero-order valence-corrected chi connectivity index (χ0v) is 14.0. The van der Waals surface area contributed by atoms with E-state index < -0.39 is 11.9 Å². The summed E-state index contributed by atoms with van der Waals surface area (Å²) in [7, 11) is 0. The molecule has 0 N–H and O–H groups in total. The van der Waals surface area contributed by atoms with E-state index in [9.17, 15) is 18.0 Å². The van der Waals surface area contributed by atoms with E-state index >= 15 is 0 Å². The van der Waals surface area contributed by atoms with Crippen LogP contribution in [0, 0.1) is 13.8 Å². The molecule has 2 aromatic heterocycles. The zero-order chi connectivity index (χ0) is 17.5. The molecule has 128 valence electrons. The van der Waals surface area contributed by atoms with Crippen molar-refractivity contribution in [2.75, 3.05) is 5.75 Å². The molecule has 1 aliphatic carbocycles. The van der Waals surface area contributed by atoms with Gasteiger partial charge in [0.25, 0.3) is 0 Å². The third-order valence-electron chi connectivity index (χ3n) is 3.95. The van der Waals surface area contributed by atoms with E-state index in [-0.39, 0.29) is 16.7 Å². The minimum Gasteiger partial charge on any atom is -0.345 e. The van der Waals surface area contributed by atoms with E-state index in [4.69, 9.17) is 0 Å². The molecule has 24 heavy (non-hydrogen) atoms. The molecule has 0 saturated heterocycles. The molecule has 0 atom stereocenters. The monoisotopic (exact) mass is 355 g/mol. The summed E-state index contributed by atoms with van der Waals surface area (Å²) in [6.07, 6.45) is -1.22. The standard InChI is InChI=1S/C16H16F3N3OS/c1-9-7-12(10(2)22(9)11-3-4-11)13(23)8-24-15-20-6-5-14(21-15)16(17,18)19/h5-7,11H,3-4,8H2,1-2H3. The Morgan fingerprint density at radius 3 is 2.71 bits per heavy atom. The molecule has 0 aromatic carbocycles. The molecule has 3 rings (SSSR count). The molecule has 0 spiro atoms. The normalized spacial score (nSPS) is 14.9. The highest BCUT2D eigenvalue weighted by Gasteiger charge is 2.33. The van der Waals surface area contributed by atoms with Crippen LogP contribution >= 0.6 is 11.8 Å². The number of carbonyl (C=O) groups excluding carboxylic acids is 1. The lowest BCUT2D eigenvalue weighted by Gasteiger charge is -2.08. The van der Waals surface area contributed by atoms with Crippen LogP contribution in [0.2, 0.25) is 0 Å². The topological polar surface area (TPSA) is 47.8 Å². The first-order valence-corrected chi connectivity index (χ1v) is 8.50. The second-order valence-corrected chi connectivity index (χ2v) is 6.76. The number of Topliss-reactive ketones (excluding diaryl/α,β-unsaturated/α-hetero) is 1. The summed E-state index contributed by atoms with van der Waals surface area (Å²) >= 11 is 0.920. The Bertz CT molecular complexity index is 781. The zero-order valence-electron chi connectivity index (χ0n) is 13.2. The first-order valence-electron chi connectivity index (χ1n) is 7.52. The fourth-order valence-corrected chi connectivity index (χ4v) is 3.44. The van der Waals surface area contributed by atoms with Gasteiger partial charge in [0.1, 0.15) is 5.69 Å². The van der Waals surface area contributed by atoms with E-state index in [1.165, 1.54) is 0 Å². The highest BCUT2D eigenvalue weighted by atomic mass is 32.2. The van der Waals surface area contributed by atoms with Gasteiger partial charge in [0.2, 0.25) is 0 Å². The lowest BCUT2D eigenvalue weighted by atomic mass is 10.2. The number of hydrogen-bond acceptors (Lipinski definition) is 4. The van der Waals surface area contributed by atoms with Crippen molar-refractivity contribution in [1.82, 2.24) is 14.5 Å². The van der Waals surface area contributed by atoms with Gasteiger partial charge in [0, 0.05) is 29.2 Å². The molecule has 1 fully saturated rings. The van der Waals surface area contributed by atoms with E-state index in [1.54, 1.807) is 0 Å². The number of carbonyl (C=O) groups is 1. The highest BCUT2D eigenvalue weighted by molar-refractivity contribution is 7.99. The van der Waals surface area contributed by atoms with Crippen LogP contribution in [0.3, 0.4) is 0 Å². The second kappa shape index (κ2) is 6.23. The fraction of sp³-hybridized carbons (Fsp3) is 0.438. The van der Waals surface area contributed by atoms with Gasteiger partial charge in [-0.1, -0.05) is 11.8 Å². The van der Waals surface area contributed by atoms with Crippen molar-refractivity contribution < 1.29 is 18.0 Å². The third-order valence-corrected chi connectivity index (χ3v) is 4.81. The van der Waals surface area contributed by atoms with Crippen molar-refractivity contribution in [1.29, 1.82) is 0 Å². The Balaban J connectivity index is 1.71. The van der Waals surface area contributed by atoms with Crippen LogP contribution in [0.1, 0.15) is 46.3 Å². The maximum atomic E-state index is 12.6. The summed E-state index contributed by atoms with van der Waals surface area (Å²) in [6.45, 7) is 3.87. The van der Waals surface area contributed by atoms with E-state index in [1.807, 2.05) is 19.9 Å². The molecule has 2 aromatic rings. The van der Waals surface area contributed by atoms with Crippen LogP contribution in [0.25, 0.3) is 0 Å². The Labute approximate surface area is 141 Å². The number of aromatic nitrogens is 3. The van der Waals surface area contributed by atoms with Gasteiger partial charge in [0.15, 0.2) is 10.9 Å². The number of aryl methyl sites for hydroxylation is 1. The molecule has 8 heteroatoms. The maximum Gasteiger partial charge on any atom is 0.433 e. The highest BCUT2D eigenvalue weighted by Crippen LogP contribution is 2.38. The van der Waals surface area contributed by atoms with Gasteiger partial charge in [-0.05, 0) is 38.8 Å². The Morgan fingerprint density at radius 2 is 2.08 bits per heavy atom. The van der Waals surface area contributed by atoms with Crippen molar-refractivity contribution in [2.45, 2.75) is 44.1 Å². The summed E-state index contributed by atoms with van der Waals surface area (Å²) < 4.78 is 40.1. The Hall–Kier alpha value is -1.83. The minimum absolute atomic E-state index is 0.0102. The third kappa shape index (κ3) is 3.48. The lowest BCUT2D eigenvalue weighted by Crippen LogP contribution is -2.10. The van der Waals surface area contributed by atoms with Crippen LogP contribution in [-0.4, -0.2) is 26.1 Å². The molecule has 4 nitrogen and oxygen atoms in total. The number of rotatable bonds is 5. The van der Waals surface area contributed by atoms with Crippen LogP contribution in [0.15, 0.2) is 23.5 Å². The van der Waals surface area contributed by atoms with Crippen molar-refractivity contribution in [3.8, 4) is 0 Å². The van der Waals surface area contributed by atoms with Gasteiger partial charge in [0.05, 0.1) is 5.75 Å². The average molecular weight is 355 g/mol. The van der Waals surface area contributed by atoms with Crippen molar-refractivity contribution in [3.63, 3.8) is 0 Å². The van der Waals surface area contributed by atoms with Crippen LogP contribution in [-0.2, 0) is 6.18 Å². The molecule has 0 amide bonds. The van der Waals surface area contributed by atoms with Gasteiger partial charge >= 0.3 is 6.18 Å². The Morgan fingerprint density at radius 1 is 1.38 bits per heavy atom. The number of hydrogen-bond donors (Lipinski definition) is 0. The predicted molar refractivity (Wildman–Crippen MR) is 84.3 cm³/mol. The van der Waals surface area contributed by atoms with E-state index in [2.05, 4.69) is 14.5 Å². The summed E-state index contributed by atoms with van der Waals surface area (Å²) in [5.74, 6) is -0.114. The maximum absolute atomic E-state index is 12.6. The number of nitrogens with zero attached hydrogens (tertiary/aromatic N) is 3.